The Bertz CT molecular complexity index is 482. The van der Waals surface area contributed by atoms with E-state index >= 15 is 0 Å². The first-order valence-electron chi connectivity index (χ1n) is 5.99. The number of fused-ring (bicyclic) bond motifs is 2. The average Bonchev–Trinajstić information content (AvgIpc) is 2.70. The van der Waals surface area contributed by atoms with Crippen LogP contribution in [-0.4, -0.2) is 41.1 Å². The Kier molecular flexibility index (Phi) is 2.87. The number of nitrogens with two attached hydrogens (primary N) is 1. The highest BCUT2D eigenvalue weighted by Gasteiger charge is 2.36. The largest absolute Gasteiger partial charge is 0.397 e. The van der Waals surface area contributed by atoms with Crippen molar-refractivity contribution in [2.24, 2.45) is 0 Å². The summed E-state index contributed by atoms with van der Waals surface area (Å²) in [6, 6.07) is 1.58. The number of rotatable bonds is 1. The Hall–Kier alpha value is -1.33. The maximum Gasteiger partial charge on any atom is 0.257 e. The average molecular weight is 268 g/mol. The van der Waals surface area contributed by atoms with Gasteiger partial charge in [0.2, 0.25) is 0 Å². The molecule has 3 rings (SSSR count). The van der Waals surface area contributed by atoms with E-state index in [2.05, 4.69) is 4.98 Å². The fourth-order valence-electron chi connectivity index (χ4n) is 2.57. The Morgan fingerprint density at radius 1 is 1.44 bits per heavy atom. The number of hydrogen-bond acceptors (Lipinski definition) is 4. The van der Waals surface area contributed by atoms with Crippen LogP contribution in [0.25, 0.3) is 0 Å². The van der Waals surface area contributed by atoms with Crippen LogP contribution in [0.1, 0.15) is 23.2 Å². The maximum atomic E-state index is 12.4. The van der Waals surface area contributed by atoms with E-state index in [1.54, 1.807) is 11.0 Å². The molecule has 0 spiro atoms. The molecule has 2 bridgehead atoms. The molecule has 0 saturated carbocycles. The lowest BCUT2D eigenvalue weighted by Crippen LogP contribution is -2.45. The van der Waals surface area contributed by atoms with Crippen molar-refractivity contribution in [2.75, 3.05) is 18.8 Å². The van der Waals surface area contributed by atoms with Crippen molar-refractivity contribution >= 4 is 23.2 Å². The predicted molar refractivity (Wildman–Crippen MR) is 67.5 cm³/mol. The summed E-state index contributed by atoms with van der Waals surface area (Å²) >= 11 is 5.95. The fraction of sp³-hybridized carbons (Fsp3) is 0.500. The molecule has 18 heavy (non-hydrogen) atoms. The summed E-state index contributed by atoms with van der Waals surface area (Å²) in [6.07, 6.45) is 3.83. The van der Waals surface area contributed by atoms with Gasteiger partial charge >= 0.3 is 0 Å². The number of ether oxygens (including phenoxy) is 1. The number of nitrogens with zero attached hydrogens (tertiary/aromatic N) is 2. The predicted octanol–water partition coefficient (Wildman–Crippen LogP) is 1.32. The first-order chi connectivity index (χ1) is 8.63. The van der Waals surface area contributed by atoms with Gasteiger partial charge in [-0.25, -0.2) is 4.98 Å². The number of aromatic nitrogens is 1. The SMILES string of the molecule is Nc1cnc(Cl)c(C(=O)N2CC3CCC(C2)O3)c1. The summed E-state index contributed by atoms with van der Waals surface area (Å²) < 4.78 is 5.70. The van der Waals surface area contributed by atoms with Crippen LogP contribution < -0.4 is 5.73 Å². The first-order valence-corrected chi connectivity index (χ1v) is 6.37. The van der Waals surface area contributed by atoms with Gasteiger partial charge in [-0.1, -0.05) is 11.6 Å². The van der Waals surface area contributed by atoms with Gasteiger partial charge in [0.05, 0.1) is 29.7 Å². The Morgan fingerprint density at radius 2 is 2.11 bits per heavy atom. The van der Waals surface area contributed by atoms with Gasteiger partial charge in [0.15, 0.2) is 0 Å². The van der Waals surface area contributed by atoms with Crippen molar-refractivity contribution in [3.05, 3.63) is 23.0 Å². The summed E-state index contributed by atoms with van der Waals surface area (Å²) in [4.78, 5) is 18.1. The van der Waals surface area contributed by atoms with Crippen LogP contribution in [0, 0.1) is 0 Å². The number of nitrogen functional groups attached to an aromatic ring is 1. The number of pyridine rings is 1. The highest BCUT2D eigenvalue weighted by Crippen LogP contribution is 2.28. The molecule has 96 valence electrons. The van der Waals surface area contributed by atoms with Crippen LogP contribution in [-0.2, 0) is 4.74 Å². The van der Waals surface area contributed by atoms with Gasteiger partial charge in [0.1, 0.15) is 5.15 Å². The number of hydrogen-bond donors (Lipinski definition) is 1. The van der Waals surface area contributed by atoms with Gasteiger partial charge in [-0.05, 0) is 18.9 Å². The summed E-state index contributed by atoms with van der Waals surface area (Å²) in [5, 5.41) is 0.202. The molecule has 2 fully saturated rings. The normalized spacial score (nSPS) is 26.4. The van der Waals surface area contributed by atoms with Crippen LogP contribution in [0.15, 0.2) is 12.3 Å². The van der Waals surface area contributed by atoms with Gasteiger partial charge < -0.3 is 15.4 Å². The molecule has 1 amide bonds. The molecule has 1 aromatic heterocycles. The lowest BCUT2D eigenvalue weighted by atomic mass is 10.2. The molecular weight excluding hydrogens is 254 g/mol. The van der Waals surface area contributed by atoms with Crippen LogP contribution >= 0.6 is 11.6 Å². The number of carbonyl (C=O) groups is 1. The third kappa shape index (κ3) is 2.04. The topological polar surface area (TPSA) is 68.5 Å². The van der Waals surface area contributed by atoms with E-state index in [1.807, 2.05) is 0 Å². The standard InChI is InChI=1S/C12H14ClN3O2/c13-11-10(3-7(14)4-15-11)12(17)16-5-8-1-2-9(6-16)18-8/h3-4,8-9H,1-2,5-6,14H2. The zero-order valence-electron chi connectivity index (χ0n) is 9.80. The van der Waals surface area contributed by atoms with Gasteiger partial charge in [-0.15, -0.1) is 0 Å². The third-order valence-corrected chi connectivity index (χ3v) is 3.72. The minimum atomic E-state index is -0.111. The second-order valence-corrected chi connectivity index (χ2v) is 5.13. The van der Waals surface area contributed by atoms with E-state index in [-0.39, 0.29) is 23.3 Å². The Labute approximate surface area is 110 Å². The molecule has 2 unspecified atom stereocenters. The van der Waals surface area contributed by atoms with E-state index in [0.29, 0.717) is 24.3 Å². The molecule has 2 aliphatic rings. The summed E-state index contributed by atoms with van der Waals surface area (Å²) in [6.45, 7) is 1.25. The highest BCUT2D eigenvalue weighted by atomic mass is 35.5. The van der Waals surface area contributed by atoms with E-state index in [9.17, 15) is 4.79 Å². The molecule has 2 saturated heterocycles. The lowest BCUT2D eigenvalue weighted by molar-refractivity contribution is -0.0303. The lowest BCUT2D eigenvalue weighted by Gasteiger charge is -2.32. The number of carbonyl (C=O) groups excluding carboxylic acids is 1. The number of anilines is 1. The molecule has 2 aliphatic heterocycles. The molecule has 0 radical (unpaired) electrons. The summed E-state index contributed by atoms with van der Waals surface area (Å²) in [5.74, 6) is -0.111. The minimum Gasteiger partial charge on any atom is -0.397 e. The molecular formula is C12H14ClN3O2. The highest BCUT2D eigenvalue weighted by molar-refractivity contribution is 6.32. The molecule has 2 atom stereocenters. The van der Waals surface area contributed by atoms with E-state index in [1.165, 1.54) is 6.20 Å². The zero-order chi connectivity index (χ0) is 12.7. The number of halogens is 1. The summed E-state index contributed by atoms with van der Waals surface area (Å²) in [5.41, 5.74) is 6.46. The fourth-order valence-corrected chi connectivity index (χ4v) is 2.75. The van der Waals surface area contributed by atoms with Gasteiger partial charge in [-0.2, -0.15) is 0 Å². The van der Waals surface area contributed by atoms with Gasteiger partial charge in [0, 0.05) is 13.1 Å². The van der Waals surface area contributed by atoms with Crippen molar-refractivity contribution in [3.8, 4) is 0 Å². The number of amides is 1. The summed E-state index contributed by atoms with van der Waals surface area (Å²) in [7, 11) is 0. The molecule has 2 N–H and O–H groups in total. The Balaban J connectivity index is 1.84. The van der Waals surface area contributed by atoms with Crippen molar-refractivity contribution in [1.82, 2.24) is 9.88 Å². The number of morpholine rings is 1. The second-order valence-electron chi connectivity index (χ2n) is 4.77. The van der Waals surface area contributed by atoms with Crippen LogP contribution in [0.4, 0.5) is 5.69 Å². The van der Waals surface area contributed by atoms with Crippen LogP contribution in [0.3, 0.4) is 0 Å². The smallest absolute Gasteiger partial charge is 0.257 e. The zero-order valence-corrected chi connectivity index (χ0v) is 10.6. The van der Waals surface area contributed by atoms with E-state index in [0.717, 1.165) is 12.8 Å². The molecule has 3 heterocycles. The van der Waals surface area contributed by atoms with Crippen molar-refractivity contribution < 1.29 is 9.53 Å². The Morgan fingerprint density at radius 3 is 2.78 bits per heavy atom. The van der Waals surface area contributed by atoms with Gasteiger partial charge in [-0.3, -0.25) is 4.79 Å². The minimum absolute atomic E-state index is 0.111. The number of likely N-dealkylation sites (tertiary alicyclic amines) is 1. The molecule has 5 nitrogen and oxygen atoms in total. The van der Waals surface area contributed by atoms with Crippen LogP contribution in [0.5, 0.6) is 0 Å². The monoisotopic (exact) mass is 267 g/mol. The second kappa shape index (κ2) is 4.40. The van der Waals surface area contributed by atoms with E-state index in [4.69, 9.17) is 22.1 Å². The van der Waals surface area contributed by atoms with Crippen molar-refractivity contribution in [1.29, 1.82) is 0 Å². The van der Waals surface area contributed by atoms with Crippen molar-refractivity contribution in [2.45, 2.75) is 25.0 Å². The third-order valence-electron chi connectivity index (χ3n) is 3.42. The molecule has 1 aromatic rings. The van der Waals surface area contributed by atoms with Crippen LogP contribution in [0.2, 0.25) is 5.15 Å². The van der Waals surface area contributed by atoms with Crippen molar-refractivity contribution in [3.63, 3.8) is 0 Å². The van der Waals surface area contributed by atoms with E-state index < -0.39 is 0 Å². The first kappa shape index (κ1) is 11.7. The van der Waals surface area contributed by atoms with Gasteiger partial charge in [0.25, 0.3) is 5.91 Å². The quantitative estimate of drug-likeness (QED) is 0.779. The molecule has 6 heteroatoms. The molecule has 0 aromatic carbocycles. The molecule has 0 aliphatic carbocycles. The maximum absolute atomic E-state index is 12.4.